The molecule has 0 amide bonds. The summed E-state index contributed by atoms with van der Waals surface area (Å²) in [7, 11) is 1.91. The van der Waals surface area contributed by atoms with E-state index in [1.165, 1.54) is 0 Å². The van der Waals surface area contributed by atoms with Crippen molar-refractivity contribution < 1.29 is 0 Å². The third kappa shape index (κ3) is 2.34. The first kappa shape index (κ1) is 14.5. The number of aryl methyl sites for hydroxylation is 1. The van der Waals surface area contributed by atoms with Gasteiger partial charge >= 0.3 is 0 Å². The van der Waals surface area contributed by atoms with E-state index in [4.69, 9.17) is 0 Å². The molecule has 0 unspecified atom stereocenters. The van der Waals surface area contributed by atoms with Gasteiger partial charge in [0, 0.05) is 17.4 Å². The van der Waals surface area contributed by atoms with Gasteiger partial charge in [-0.25, -0.2) is 0 Å². The van der Waals surface area contributed by atoms with E-state index in [2.05, 4.69) is 18.3 Å². The summed E-state index contributed by atoms with van der Waals surface area (Å²) in [4.78, 5) is 13.1. The Morgan fingerprint density at radius 3 is 2.45 bits per heavy atom. The molecule has 112 valence electrons. The van der Waals surface area contributed by atoms with Crippen molar-refractivity contribution in [2.45, 2.75) is 19.9 Å². The van der Waals surface area contributed by atoms with Crippen LogP contribution in [0.5, 0.6) is 0 Å². The lowest BCUT2D eigenvalue weighted by Gasteiger charge is -2.20. The van der Waals surface area contributed by atoms with E-state index in [1.807, 2.05) is 67.1 Å². The quantitative estimate of drug-likeness (QED) is 0.800. The van der Waals surface area contributed by atoms with Gasteiger partial charge in [0.2, 0.25) is 0 Å². The van der Waals surface area contributed by atoms with E-state index in [0.717, 1.165) is 27.7 Å². The Balaban J connectivity index is 2.44. The number of hydrogen-bond acceptors (Lipinski definition) is 2. The SMILES string of the molecule is CN[C@@H](C)c1cc2cccc(C)c2c(=O)n1-c1ccccc1. The maximum absolute atomic E-state index is 13.1. The predicted molar refractivity (Wildman–Crippen MR) is 91.8 cm³/mol. The topological polar surface area (TPSA) is 34.0 Å². The number of nitrogens with zero attached hydrogens (tertiary/aromatic N) is 1. The van der Waals surface area contributed by atoms with Crippen molar-refractivity contribution in [2.24, 2.45) is 0 Å². The smallest absolute Gasteiger partial charge is 0.263 e. The second-order valence-corrected chi connectivity index (χ2v) is 5.59. The van der Waals surface area contributed by atoms with Crippen LogP contribution < -0.4 is 10.9 Å². The molecule has 0 bridgehead atoms. The summed E-state index contributed by atoms with van der Waals surface area (Å²) in [5.41, 5.74) is 2.92. The standard InChI is InChI=1S/C19H20N2O/c1-13-8-7-9-15-12-17(14(2)20-3)21(19(22)18(13)15)16-10-5-4-6-11-16/h4-12,14,20H,1-3H3/t14-/m0/s1. The molecule has 2 aromatic carbocycles. The number of benzene rings is 2. The number of aromatic nitrogens is 1. The van der Waals surface area contributed by atoms with Gasteiger partial charge in [0.25, 0.3) is 5.56 Å². The van der Waals surface area contributed by atoms with Crippen LogP contribution in [-0.2, 0) is 0 Å². The summed E-state index contributed by atoms with van der Waals surface area (Å²) in [6, 6.07) is 18.0. The lowest BCUT2D eigenvalue weighted by atomic mass is 10.0. The molecule has 0 aliphatic rings. The van der Waals surface area contributed by atoms with Crippen molar-refractivity contribution in [3.8, 4) is 5.69 Å². The van der Waals surface area contributed by atoms with Crippen molar-refractivity contribution in [3.05, 3.63) is 76.2 Å². The van der Waals surface area contributed by atoms with Crippen LogP contribution in [0.1, 0.15) is 24.2 Å². The van der Waals surface area contributed by atoms with Gasteiger partial charge in [0.05, 0.1) is 5.39 Å². The highest BCUT2D eigenvalue weighted by Gasteiger charge is 2.15. The van der Waals surface area contributed by atoms with Gasteiger partial charge < -0.3 is 5.32 Å². The Kier molecular flexibility index (Phi) is 3.82. The Morgan fingerprint density at radius 2 is 1.77 bits per heavy atom. The molecule has 1 N–H and O–H groups in total. The van der Waals surface area contributed by atoms with Crippen molar-refractivity contribution >= 4 is 10.8 Å². The fourth-order valence-corrected chi connectivity index (χ4v) is 2.87. The molecule has 1 atom stereocenters. The van der Waals surface area contributed by atoms with E-state index < -0.39 is 0 Å². The zero-order chi connectivity index (χ0) is 15.7. The molecule has 3 heteroatoms. The maximum Gasteiger partial charge on any atom is 0.263 e. The number of nitrogens with one attached hydrogen (secondary N) is 1. The predicted octanol–water partition coefficient (Wildman–Crippen LogP) is 3.58. The molecule has 3 aromatic rings. The second-order valence-electron chi connectivity index (χ2n) is 5.59. The third-order valence-electron chi connectivity index (χ3n) is 4.17. The molecule has 0 spiro atoms. The minimum atomic E-state index is 0.0406. The van der Waals surface area contributed by atoms with E-state index in [9.17, 15) is 4.79 Å². The largest absolute Gasteiger partial charge is 0.312 e. The van der Waals surface area contributed by atoms with Crippen LogP contribution in [0.25, 0.3) is 16.5 Å². The lowest BCUT2D eigenvalue weighted by Crippen LogP contribution is -2.27. The van der Waals surface area contributed by atoms with Gasteiger partial charge in [-0.05, 0) is 50.0 Å². The minimum absolute atomic E-state index is 0.0406. The first-order chi connectivity index (χ1) is 10.6. The lowest BCUT2D eigenvalue weighted by molar-refractivity contribution is 0.612. The molecule has 0 saturated carbocycles. The van der Waals surface area contributed by atoms with Crippen LogP contribution in [-0.4, -0.2) is 11.6 Å². The highest BCUT2D eigenvalue weighted by atomic mass is 16.1. The van der Waals surface area contributed by atoms with Crippen LogP contribution in [0.15, 0.2) is 59.4 Å². The van der Waals surface area contributed by atoms with Crippen molar-refractivity contribution in [2.75, 3.05) is 7.05 Å². The first-order valence-electron chi connectivity index (χ1n) is 7.51. The number of rotatable bonds is 3. The molecule has 3 rings (SSSR count). The van der Waals surface area contributed by atoms with Gasteiger partial charge in [0.15, 0.2) is 0 Å². The van der Waals surface area contributed by atoms with Crippen molar-refractivity contribution in [1.82, 2.24) is 9.88 Å². The Morgan fingerprint density at radius 1 is 1.05 bits per heavy atom. The zero-order valence-corrected chi connectivity index (χ0v) is 13.1. The van der Waals surface area contributed by atoms with E-state index in [1.54, 1.807) is 0 Å². The van der Waals surface area contributed by atoms with E-state index in [-0.39, 0.29) is 11.6 Å². The maximum atomic E-state index is 13.1. The van der Waals surface area contributed by atoms with Crippen LogP contribution in [0.3, 0.4) is 0 Å². The Hall–Kier alpha value is -2.39. The number of pyridine rings is 1. The molecule has 1 aromatic heterocycles. The number of fused-ring (bicyclic) bond motifs is 1. The molecule has 3 nitrogen and oxygen atoms in total. The van der Waals surface area contributed by atoms with Crippen LogP contribution in [0.4, 0.5) is 0 Å². The summed E-state index contributed by atoms with van der Waals surface area (Å²) in [6.07, 6.45) is 0. The number of para-hydroxylation sites is 1. The van der Waals surface area contributed by atoms with Gasteiger partial charge in [-0.3, -0.25) is 9.36 Å². The zero-order valence-electron chi connectivity index (χ0n) is 13.1. The molecular weight excluding hydrogens is 272 g/mol. The molecule has 0 fully saturated rings. The molecule has 0 aliphatic heterocycles. The van der Waals surface area contributed by atoms with Gasteiger partial charge in [-0.15, -0.1) is 0 Å². The Labute approximate surface area is 130 Å². The van der Waals surface area contributed by atoms with Gasteiger partial charge in [0.1, 0.15) is 0 Å². The van der Waals surface area contributed by atoms with Crippen LogP contribution in [0.2, 0.25) is 0 Å². The third-order valence-corrected chi connectivity index (χ3v) is 4.17. The molecular formula is C19H20N2O. The monoisotopic (exact) mass is 292 g/mol. The highest BCUT2D eigenvalue weighted by Crippen LogP contribution is 2.22. The normalized spacial score (nSPS) is 12.5. The van der Waals surface area contributed by atoms with Crippen LogP contribution in [0, 0.1) is 6.92 Å². The van der Waals surface area contributed by atoms with Crippen LogP contribution >= 0.6 is 0 Å². The molecule has 1 heterocycles. The van der Waals surface area contributed by atoms with Crippen molar-refractivity contribution in [3.63, 3.8) is 0 Å². The minimum Gasteiger partial charge on any atom is -0.312 e. The molecule has 0 saturated heterocycles. The second kappa shape index (κ2) is 5.78. The fourth-order valence-electron chi connectivity index (χ4n) is 2.87. The first-order valence-corrected chi connectivity index (χ1v) is 7.51. The average molecular weight is 292 g/mol. The summed E-state index contributed by atoms with van der Waals surface area (Å²) in [5, 5.41) is 5.02. The summed E-state index contributed by atoms with van der Waals surface area (Å²) < 4.78 is 1.82. The summed E-state index contributed by atoms with van der Waals surface area (Å²) in [6.45, 7) is 4.05. The number of hydrogen-bond donors (Lipinski definition) is 1. The molecule has 0 aliphatic carbocycles. The summed E-state index contributed by atoms with van der Waals surface area (Å²) in [5.74, 6) is 0. The van der Waals surface area contributed by atoms with Gasteiger partial charge in [-0.2, -0.15) is 0 Å². The van der Waals surface area contributed by atoms with E-state index >= 15 is 0 Å². The summed E-state index contributed by atoms with van der Waals surface area (Å²) >= 11 is 0. The van der Waals surface area contributed by atoms with Gasteiger partial charge in [-0.1, -0.05) is 36.4 Å². The highest BCUT2D eigenvalue weighted by molar-refractivity contribution is 5.85. The van der Waals surface area contributed by atoms with E-state index in [0.29, 0.717) is 0 Å². The Bertz CT molecular complexity index is 866. The fraction of sp³-hybridized carbons (Fsp3) is 0.211. The molecule has 22 heavy (non-hydrogen) atoms. The average Bonchev–Trinajstić information content (AvgIpc) is 2.54. The van der Waals surface area contributed by atoms with Crippen molar-refractivity contribution in [1.29, 1.82) is 0 Å². The molecule has 0 radical (unpaired) electrons.